The molecule has 3 rings (SSSR count). The molecule has 2 nitrogen and oxygen atoms in total. The van der Waals surface area contributed by atoms with Crippen molar-refractivity contribution in [3.05, 3.63) is 35.9 Å². The zero-order valence-electron chi connectivity index (χ0n) is 11.9. The van der Waals surface area contributed by atoms with Gasteiger partial charge in [-0.15, -0.1) is 0 Å². The van der Waals surface area contributed by atoms with E-state index in [0.29, 0.717) is 12.0 Å². The van der Waals surface area contributed by atoms with Crippen molar-refractivity contribution in [2.45, 2.75) is 56.7 Å². The van der Waals surface area contributed by atoms with E-state index in [-0.39, 0.29) is 5.60 Å². The second-order valence-corrected chi connectivity index (χ2v) is 6.31. The van der Waals surface area contributed by atoms with Gasteiger partial charge in [0, 0.05) is 13.1 Å². The Bertz CT molecular complexity index is 397. The maximum absolute atomic E-state index is 6.46. The molecule has 1 aliphatic heterocycles. The molecule has 1 saturated heterocycles. The summed E-state index contributed by atoms with van der Waals surface area (Å²) in [5.74, 6) is 0.574. The molecule has 2 heteroatoms. The topological polar surface area (TPSA) is 21.3 Å². The van der Waals surface area contributed by atoms with Crippen LogP contribution in [0.25, 0.3) is 0 Å². The molecular formula is C17H25NO. The fraction of sp³-hybridized carbons (Fsp3) is 0.647. The maximum atomic E-state index is 6.46. The van der Waals surface area contributed by atoms with E-state index in [4.69, 9.17) is 4.74 Å². The Hall–Kier alpha value is -0.860. The van der Waals surface area contributed by atoms with Gasteiger partial charge in [-0.05, 0) is 30.7 Å². The van der Waals surface area contributed by atoms with Gasteiger partial charge in [-0.1, -0.05) is 50.1 Å². The highest BCUT2D eigenvalue weighted by molar-refractivity contribution is 5.18. The zero-order chi connectivity index (χ0) is 13.1. The molecule has 2 unspecified atom stereocenters. The van der Waals surface area contributed by atoms with Gasteiger partial charge >= 0.3 is 0 Å². The van der Waals surface area contributed by atoms with Gasteiger partial charge in [-0.3, -0.25) is 0 Å². The fourth-order valence-electron chi connectivity index (χ4n) is 3.66. The van der Waals surface area contributed by atoms with Crippen molar-refractivity contribution in [1.29, 1.82) is 0 Å². The first kappa shape index (κ1) is 13.1. The predicted molar refractivity (Wildman–Crippen MR) is 78.4 cm³/mol. The Labute approximate surface area is 116 Å². The first-order chi connectivity index (χ1) is 9.27. The quantitative estimate of drug-likeness (QED) is 0.897. The number of hydrogen-bond acceptors (Lipinski definition) is 2. The van der Waals surface area contributed by atoms with Crippen LogP contribution in [0.5, 0.6) is 0 Å². The molecule has 0 radical (unpaired) electrons. The lowest BCUT2D eigenvalue weighted by Gasteiger charge is -2.40. The van der Waals surface area contributed by atoms with Gasteiger partial charge in [-0.2, -0.15) is 0 Å². The number of rotatable bonds is 3. The van der Waals surface area contributed by atoms with Crippen LogP contribution in [0.2, 0.25) is 0 Å². The standard InChI is InChI=1S/C17H25NO/c1-14(15-7-3-2-4-8-15)11-16-12-18-13-17(19-16)9-5-6-10-17/h2-4,7-8,14,16,18H,5-6,9-13H2,1H3. The monoisotopic (exact) mass is 259 g/mol. The summed E-state index contributed by atoms with van der Waals surface area (Å²) >= 11 is 0. The van der Waals surface area contributed by atoms with E-state index in [1.807, 2.05) is 0 Å². The van der Waals surface area contributed by atoms with Crippen LogP contribution < -0.4 is 5.32 Å². The molecule has 19 heavy (non-hydrogen) atoms. The van der Waals surface area contributed by atoms with Crippen molar-refractivity contribution in [3.63, 3.8) is 0 Å². The Morgan fingerprint density at radius 1 is 1.26 bits per heavy atom. The van der Waals surface area contributed by atoms with Crippen molar-refractivity contribution in [1.82, 2.24) is 5.32 Å². The lowest BCUT2D eigenvalue weighted by Crippen LogP contribution is -2.52. The third-order valence-corrected chi connectivity index (χ3v) is 4.74. The molecule has 1 aliphatic carbocycles. The van der Waals surface area contributed by atoms with E-state index >= 15 is 0 Å². The van der Waals surface area contributed by atoms with Gasteiger partial charge in [0.25, 0.3) is 0 Å². The van der Waals surface area contributed by atoms with Gasteiger partial charge in [0.1, 0.15) is 0 Å². The molecule has 104 valence electrons. The number of morpholine rings is 1. The molecule has 0 aromatic heterocycles. The van der Waals surface area contributed by atoms with Crippen LogP contribution in [-0.4, -0.2) is 24.8 Å². The normalized spacial score (nSPS) is 27.5. The summed E-state index contributed by atoms with van der Waals surface area (Å²) in [7, 11) is 0. The third kappa shape index (κ3) is 3.01. The summed E-state index contributed by atoms with van der Waals surface area (Å²) in [5, 5.41) is 3.60. The van der Waals surface area contributed by atoms with Gasteiger partial charge in [0.05, 0.1) is 11.7 Å². The van der Waals surface area contributed by atoms with Crippen molar-refractivity contribution in [3.8, 4) is 0 Å². The van der Waals surface area contributed by atoms with Crippen LogP contribution in [0, 0.1) is 0 Å². The van der Waals surface area contributed by atoms with E-state index in [0.717, 1.165) is 19.5 Å². The summed E-state index contributed by atoms with van der Waals surface area (Å²) < 4.78 is 6.46. The second kappa shape index (κ2) is 5.64. The summed E-state index contributed by atoms with van der Waals surface area (Å²) in [6, 6.07) is 10.8. The molecule has 1 N–H and O–H groups in total. The van der Waals surface area contributed by atoms with Crippen LogP contribution in [0.4, 0.5) is 0 Å². The van der Waals surface area contributed by atoms with Crippen molar-refractivity contribution in [2.24, 2.45) is 0 Å². The van der Waals surface area contributed by atoms with E-state index in [2.05, 4.69) is 42.6 Å². The molecule has 2 atom stereocenters. The van der Waals surface area contributed by atoms with Crippen LogP contribution in [0.1, 0.15) is 50.5 Å². The minimum atomic E-state index is 0.166. The first-order valence-electron chi connectivity index (χ1n) is 7.71. The third-order valence-electron chi connectivity index (χ3n) is 4.74. The first-order valence-corrected chi connectivity index (χ1v) is 7.71. The summed E-state index contributed by atoms with van der Waals surface area (Å²) in [6.45, 7) is 4.39. The fourth-order valence-corrected chi connectivity index (χ4v) is 3.66. The Morgan fingerprint density at radius 2 is 2.00 bits per heavy atom. The summed E-state index contributed by atoms with van der Waals surface area (Å²) in [4.78, 5) is 0. The molecule has 1 aromatic rings. The lowest BCUT2D eigenvalue weighted by atomic mass is 9.92. The largest absolute Gasteiger partial charge is 0.369 e. The van der Waals surface area contributed by atoms with Gasteiger partial charge in [0.2, 0.25) is 0 Å². The van der Waals surface area contributed by atoms with Crippen molar-refractivity contribution < 1.29 is 4.74 Å². The second-order valence-electron chi connectivity index (χ2n) is 6.31. The average Bonchev–Trinajstić information content (AvgIpc) is 2.88. The van der Waals surface area contributed by atoms with Gasteiger partial charge < -0.3 is 10.1 Å². The van der Waals surface area contributed by atoms with E-state index in [1.165, 1.54) is 31.2 Å². The van der Waals surface area contributed by atoms with Crippen LogP contribution in [-0.2, 0) is 4.74 Å². The highest BCUT2D eigenvalue weighted by atomic mass is 16.5. The van der Waals surface area contributed by atoms with Gasteiger partial charge in [0.15, 0.2) is 0 Å². The number of benzene rings is 1. The smallest absolute Gasteiger partial charge is 0.0810 e. The molecule has 1 aromatic carbocycles. The Kier molecular flexibility index (Phi) is 3.90. The number of hydrogen-bond donors (Lipinski definition) is 1. The number of nitrogens with one attached hydrogen (secondary N) is 1. The van der Waals surface area contributed by atoms with E-state index in [1.54, 1.807) is 0 Å². The molecule has 1 saturated carbocycles. The lowest BCUT2D eigenvalue weighted by molar-refractivity contribution is -0.115. The minimum Gasteiger partial charge on any atom is -0.369 e. The van der Waals surface area contributed by atoms with Crippen LogP contribution >= 0.6 is 0 Å². The zero-order valence-corrected chi connectivity index (χ0v) is 11.9. The van der Waals surface area contributed by atoms with Crippen LogP contribution in [0.3, 0.4) is 0 Å². The molecule has 0 amide bonds. The molecule has 1 heterocycles. The molecule has 1 spiro atoms. The molecule has 2 fully saturated rings. The Balaban J connectivity index is 1.60. The van der Waals surface area contributed by atoms with Crippen molar-refractivity contribution in [2.75, 3.05) is 13.1 Å². The maximum Gasteiger partial charge on any atom is 0.0810 e. The highest BCUT2D eigenvalue weighted by Crippen LogP contribution is 2.37. The molecule has 0 bridgehead atoms. The summed E-state index contributed by atoms with van der Waals surface area (Å²) in [5.41, 5.74) is 1.59. The highest BCUT2D eigenvalue weighted by Gasteiger charge is 2.39. The Morgan fingerprint density at radius 3 is 2.74 bits per heavy atom. The summed E-state index contributed by atoms with van der Waals surface area (Å²) in [6.07, 6.45) is 6.67. The average molecular weight is 259 g/mol. The van der Waals surface area contributed by atoms with Crippen LogP contribution in [0.15, 0.2) is 30.3 Å². The van der Waals surface area contributed by atoms with Crippen molar-refractivity contribution >= 4 is 0 Å². The van der Waals surface area contributed by atoms with E-state index in [9.17, 15) is 0 Å². The van der Waals surface area contributed by atoms with E-state index < -0.39 is 0 Å². The number of ether oxygens (including phenoxy) is 1. The van der Waals surface area contributed by atoms with Gasteiger partial charge in [-0.25, -0.2) is 0 Å². The molecule has 2 aliphatic rings. The minimum absolute atomic E-state index is 0.166. The molecular weight excluding hydrogens is 234 g/mol. The predicted octanol–water partition coefficient (Wildman–Crippen LogP) is 3.48. The SMILES string of the molecule is CC(CC1CNCC2(CCCC2)O1)c1ccccc1.